The Kier molecular flexibility index (Phi) is 7.18. The molecular formula is C28H37F2N3O3. The molecule has 0 bridgehead atoms. The first-order valence-corrected chi connectivity index (χ1v) is 13.3. The molecule has 2 heterocycles. The molecule has 6 nitrogen and oxygen atoms in total. The highest BCUT2D eigenvalue weighted by atomic mass is 19.3. The fraction of sp³-hybridized carbons (Fsp3) is 0.643. The third-order valence-electron chi connectivity index (χ3n) is 8.64. The van der Waals surface area contributed by atoms with E-state index >= 15 is 0 Å². The van der Waals surface area contributed by atoms with Gasteiger partial charge in [0.05, 0.1) is 6.10 Å². The largest absolute Gasteiger partial charge is 0.381 e. The summed E-state index contributed by atoms with van der Waals surface area (Å²) < 4.78 is 33.0. The van der Waals surface area contributed by atoms with Crippen molar-refractivity contribution in [3.63, 3.8) is 0 Å². The summed E-state index contributed by atoms with van der Waals surface area (Å²) in [5.74, 6) is -2.39. The van der Waals surface area contributed by atoms with Gasteiger partial charge in [-0.2, -0.15) is 0 Å². The van der Waals surface area contributed by atoms with Crippen LogP contribution >= 0.6 is 0 Å². The first-order valence-electron chi connectivity index (χ1n) is 13.3. The van der Waals surface area contributed by atoms with Crippen LogP contribution in [0.4, 0.5) is 8.78 Å². The van der Waals surface area contributed by atoms with Crippen LogP contribution in [0.5, 0.6) is 0 Å². The molecule has 3 fully saturated rings. The van der Waals surface area contributed by atoms with E-state index in [4.69, 9.17) is 4.74 Å². The van der Waals surface area contributed by atoms with Crippen molar-refractivity contribution in [2.75, 3.05) is 7.11 Å². The number of ether oxygens (including phenoxy) is 1. The number of amides is 2. The number of methoxy groups -OCH3 is 1. The Labute approximate surface area is 211 Å². The molecule has 1 aromatic carbocycles. The monoisotopic (exact) mass is 501 g/mol. The summed E-state index contributed by atoms with van der Waals surface area (Å²) in [6, 6.07) is 5.93. The summed E-state index contributed by atoms with van der Waals surface area (Å²) in [6.45, 7) is 4.27. The number of halogens is 2. The van der Waals surface area contributed by atoms with Gasteiger partial charge in [-0.1, -0.05) is 18.7 Å². The van der Waals surface area contributed by atoms with Crippen LogP contribution in [0.25, 0.3) is 0 Å². The van der Waals surface area contributed by atoms with Crippen molar-refractivity contribution in [2.45, 2.75) is 101 Å². The lowest BCUT2D eigenvalue weighted by atomic mass is 9.78. The van der Waals surface area contributed by atoms with E-state index in [9.17, 15) is 18.4 Å². The Morgan fingerprint density at radius 1 is 1.17 bits per heavy atom. The molecule has 196 valence electrons. The summed E-state index contributed by atoms with van der Waals surface area (Å²) in [7, 11) is 1.74. The van der Waals surface area contributed by atoms with Gasteiger partial charge in [0.1, 0.15) is 6.04 Å². The van der Waals surface area contributed by atoms with Crippen molar-refractivity contribution in [3.05, 3.63) is 47.2 Å². The maximum atomic E-state index is 13.7. The lowest BCUT2D eigenvalue weighted by Gasteiger charge is -2.40. The van der Waals surface area contributed by atoms with Crippen LogP contribution in [0.2, 0.25) is 0 Å². The molecule has 8 heteroatoms. The van der Waals surface area contributed by atoms with E-state index in [1.165, 1.54) is 5.56 Å². The topological polar surface area (TPSA) is 70.7 Å². The fourth-order valence-electron chi connectivity index (χ4n) is 6.50. The van der Waals surface area contributed by atoms with Gasteiger partial charge in [0, 0.05) is 49.8 Å². The quantitative estimate of drug-likeness (QED) is 0.609. The number of fused-ring (bicyclic) bond motifs is 1. The number of hydrogen-bond acceptors (Lipinski definition) is 4. The van der Waals surface area contributed by atoms with Crippen molar-refractivity contribution in [2.24, 2.45) is 5.92 Å². The molecule has 2 N–H and O–H groups in total. The van der Waals surface area contributed by atoms with Crippen molar-refractivity contribution >= 4 is 11.8 Å². The minimum absolute atomic E-state index is 0.0434. The Balaban J connectivity index is 1.26. The third-order valence-corrected chi connectivity index (χ3v) is 8.64. The van der Waals surface area contributed by atoms with Crippen LogP contribution in [-0.4, -0.2) is 54.0 Å². The zero-order valence-corrected chi connectivity index (χ0v) is 21.0. The van der Waals surface area contributed by atoms with Crippen LogP contribution in [0.15, 0.2) is 30.5 Å². The highest BCUT2D eigenvalue weighted by Crippen LogP contribution is 2.36. The SMILES string of the molecule is C=C1CCC(N2Cc3cc(C[C@H]4CC[C@H](OC)C[C@@H]4NC4CCC(F)(F)CC4)ccc3C2=O)C(=O)N1. The van der Waals surface area contributed by atoms with Gasteiger partial charge in [-0.15, -0.1) is 0 Å². The first kappa shape index (κ1) is 25.3. The number of nitrogens with zero attached hydrogens (tertiary/aromatic N) is 1. The van der Waals surface area contributed by atoms with E-state index in [1.807, 2.05) is 12.1 Å². The minimum Gasteiger partial charge on any atom is -0.381 e. The van der Waals surface area contributed by atoms with Gasteiger partial charge in [0.15, 0.2) is 0 Å². The minimum atomic E-state index is -2.53. The molecule has 36 heavy (non-hydrogen) atoms. The van der Waals surface area contributed by atoms with Crippen molar-refractivity contribution in [3.8, 4) is 0 Å². The van der Waals surface area contributed by atoms with Gasteiger partial charge < -0.3 is 20.3 Å². The lowest BCUT2D eigenvalue weighted by Crippen LogP contribution is -2.49. The van der Waals surface area contributed by atoms with E-state index in [0.29, 0.717) is 49.4 Å². The smallest absolute Gasteiger partial charge is 0.255 e. The van der Waals surface area contributed by atoms with Crippen molar-refractivity contribution in [1.82, 2.24) is 15.5 Å². The second kappa shape index (κ2) is 10.2. The van der Waals surface area contributed by atoms with Crippen LogP contribution in [0.1, 0.15) is 79.3 Å². The number of rotatable bonds is 6. The summed E-state index contributed by atoms with van der Waals surface area (Å²) in [4.78, 5) is 27.2. The van der Waals surface area contributed by atoms with Gasteiger partial charge >= 0.3 is 0 Å². The molecule has 0 aromatic heterocycles. The summed E-state index contributed by atoms with van der Waals surface area (Å²) in [5, 5.41) is 6.50. The van der Waals surface area contributed by atoms with Crippen LogP contribution < -0.4 is 10.6 Å². The fourth-order valence-corrected chi connectivity index (χ4v) is 6.50. The molecule has 4 atom stereocenters. The molecule has 1 unspecified atom stereocenters. The third kappa shape index (κ3) is 5.35. The van der Waals surface area contributed by atoms with Crippen LogP contribution in [-0.2, 0) is 22.5 Å². The number of carbonyl (C=O) groups is 2. The number of alkyl halides is 2. The molecule has 5 rings (SSSR count). The Bertz CT molecular complexity index is 1020. The van der Waals surface area contributed by atoms with E-state index in [1.54, 1.807) is 12.0 Å². The van der Waals surface area contributed by atoms with E-state index in [0.717, 1.165) is 31.2 Å². The summed E-state index contributed by atoms with van der Waals surface area (Å²) >= 11 is 0. The van der Waals surface area contributed by atoms with Crippen LogP contribution in [0.3, 0.4) is 0 Å². The summed E-state index contributed by atoms with van der Waals surface area (Å²) in [6.07, 6.45) is 6.13. The Hall–Kier alpha value is -2.32. The van der Waals surface area contributed by atoms with Gasteiger partial charge in [-0.05, 0) is 74.5 Å². The number of nitrogens with one attached hydrogen (secondary N) is 2. The highest BCUT2D eigenvalue weighted by molar-refractivity contribution is 6.01. The molecule has 4 aliphatic rings. The first-order chi connectivity index (χ1) is 17.2. The molecule has 1 saturated heterocycles. The molecule has 2 amide bonds. The predicted molar refractivity (Wildman–Crippen MR) is 133 cm³/mol. The zero-order chi connectivity index (χ0) is 25.4. The molecule has 2 saturated carbocycles. The molecule has 0 radical (unpaired) electrons. The van der Waals surface area contributed by atoms with E-state index in [2.05, 4.69) is 23.3 Å². The average Bonchev–Trinajstić information content (AvgIpc) is 3.17. The van der Waals surface area contributed by atoms with Gasteiger partial charge in [-0.25, -0.2) is 8.78 Å². The highest BCUT2D eigenvalue weighted by Gasteiger charge is 2.40. The average molecular weight is 502 g/mol. The van der Waals surface area contributed by atoms with Crippen molar-refractivity contribution < 1.29 is 23.1 Å². The van der Waals surface area contributed by atoms with Gasteiger partial charge in [-0.3, -0.25) is 9.59 Å². The second-order valence-corrected chi connectivity index (χ2v) is 11.1. The number of benzene rings is 1. The molecule has 1 aromatic rings. The van der Waals surface area contributed by atoms with E-state index in [-0.39, 0.29) is 42.8 Å². The molecule has 0 spiro atoms. The van der Waals surface area contributed by atoms with Crippen molar-refractivity contribution in [1.29, 1.82) is 0 Å². The number of allylic oxidation sites excluding steroid dienone is 1. The zero-order valence-electron chi connectivity index (χ0n) is 21.0. The molecule has 2 aliphatic carbocycles. The normalized spacial score (nSPS) is 30.9. The van der Waals surface area contributed by atoms with E-state index < -0.39 is 12.0 Å². The maximum absolute atomic E-state index is 13.7. The van der Waals surface area contributed by atoms with Gasteiger partial charge in [0.2, 0.25) is 11.8 Å². The standard InChI is InChI=1S/C28H37F2N3O3/c1-17-3-8-25(26(34)31-17)33-16-20-14-18(4-7-23(20)27(33)35)13-19-5-6-22(36-2)15-24(19)32-21-9-11-28(29,30)12-10-21/h4,7,14,19,21-22,24-25,32H,1,3,5-6,8-13,15-16H2,2H3,(H,31,34)/t19-,22+,24+,25?/m1/s1. The second-order valence-electron chi connectivity index (χ2n) is 11.1. The lowest BCUT2D eigenvalue weighted by molar-refractivity contribution is -0.126. The number of piperidine rings is 1. The Morgan fingerprint density at radius 3 is 2.67 bits per heavy atom. The van der Waals surface area contributed by atoms with Crippen LogP contribution in [0, 0.1) is 5.92 Å². The number of carbonyl (C=O) groups excluding carboxylic acids is 2. The maximum Gasteiger partial charge on any atom is 0.255 e. The predicted octanol–water partition coefficient (Wildman–Crippen LogP) is 4.33. The number of hydrogen-bond donors (Lipinski definition) is 2. The summed E-state index contributed by atoms with van der Waals surface area (Å²) in [5.41, 5.74) is 3.53. The molecular weight excluding hydrogens is 464 g/mol. The Morgan fingerprint density at radius 2 is 1.94 bits per heavy atom. The van der Waals surface area contributed by atoms with Gasteiger partial charge in [0.25, 0.3) is 5.91 Å². The molecule has 2 aliphatic heterocycles.